The lowest BCUT2D eigenvalue weighted by atomic mass is 9.75. The predicted octanol–water partition coefficient (Wildman–Crippen LogP) is 4.30. The van der Waals surface area contributed by atoms with Crippen LogP contribution in [0, 0.1) is 12.3 Å². The van der Waals surface area contributed by atoms with Crippen LogP contribution < -0.4 is 4.74 Å². The van der Waals surface area contributed by atoms with Gasteiger partial charge >= 0.3 is 5.97 Å². The number of hydrogen-bond acceptors (Lipinski definition) is 3. The summed E-state index contributed by atoms with van der Waals surface area (Å²) in [6.45, 7) is 8.67. The normalized spacial score (nSPS) is 17.5. The van der Waals surface area contributed by atoms with Gasteiger partial charge in [-0.05, 0) is 55.7 Å². The minimum absolute atomic E-state index is 0.0213. The Labute approximate surface area is 131 Å². The molecule has 2 N–H and O–H groups in total. The van der Waals surface area contributed by atoms with Gasteiger partial charge in [0.15, 0.2) is 0 Å². The summed E-state index contributed by atoms with van der Waals surface area (Å²) in [6, 6.07) is 2.81. The minimum Gasteiger partial charge on any atom is -0.508 e. The molecule has 1 aromatic rings. The molecule has 0 bridgehead atoms. The summed E-state index contributed by atoms with van der Waals surface area (Å²) in [7, 11) is 0. The molecule has 0 unspecified atom stereocenters. The van der Waals surface area contributed by atoms with Crippen molar-refractivity contribution in [1.29, 1.82) is 0 Å². The number of aromatic hydroxyl groups is 1. The van der Waals surface area contributed by atoms with Gasteiger partial charge in [-0.2, -0.15) is 0 Å². The summed E-state index contributed by atoms with van der Waals surface area (Å²) in [5.74, 6) is -0.786. The van der Waals surface area contributed by atoms with Crippen LogP contribution in [-0.2, 0) is 0 Å². The highest BCUT2D eigenvalue weighted by Gasteiger charge is 2.25. The van der Waals surface area contributed by atoms with Crippen LogP contribution in [0.1, 0.15) is 56.0 Å². The minimum atomic E-state index is -1.04. The number of allylic oxidation sites excluding steroid dienone is 1. The summed E-state index contributed by atoms with van der Waals surface area (Å²) in [6.07, 6.45) is 3.11. The van der Waals surface area contributed by atoms with Crippen LogP contribution in [0.3, 0.4) is 0 Å². The molecule has 0 atom stereocenters. The van der Waals surface area contributed by atoms with Crippen molar-refractivity contribution in [2.24, 2.45) is 5.41 Å². The summed E-state index contributed by atoms with van der Waals surface area (Å²) in [4.78, 5) is 11.4. The van der Waals surface area contributed by atoms with Crippen LogP contribution in [0.5, 0.6) is 11.5 Å². The maximum Gasteiger partial charge on any atom is 0.339 e. The Morgan fingerprint density at radius 2 is 2.00 bits per heavy atom. The van der Waals surface area contributed by atoms with Crippen molar-refractivity contribution in [3.8, 4) is 11.5 Å². The first-order chi connectivity index (χ1) is 10.2. The molecule has 120 valence electrons. The highest BCUT2D eigenvalue weighted by molar-refractivity contribution is 5.93. The number of hydrogen-bond donors (Lipinski definition) is 2. The van der Waals surface area contributed by atoms with E-state index in [1.165, 1.54) is 23.3 Å². The first-order valence-electron chi connectivity index (χ1n) is 7.57. The van der Waals surface area contributed by atoms with Crippen molar-refractivity contribution >= 4 is 5.97 Å². The molecule has 0 saturated heterocycles. The van der Waals surface area contributed by atoms with Crippen LogP contribution in [0.2, 0.25) is 0 Å². The van der Waals surface area contributed by atoms with Gasteiger partial charge in [-0.3, -0.25) is 0 Å². The van der Waals surface area contributed by atoms with Crippen LogP contribution in [0.15, 0.2) is 23.3 Å². The standard InChI is InChI=1S/C18H24O4/c1-11-7-14(19)8-15(16(11)17(20)21)22-10-13-5-6-18(3,4)9-12(13)2/h7-8,19H,5-6,9-10H2,1-4H3,(H,20,21). The molecule has 22 heavy (non-hydrogen) atoms. The quantitative estimate of drug-likeness (QED) is 0.814. The molecule has 1 aromatic carbocycles. The summed E-state index contributed by atoms with van der Waals surface area (Å²) < 4.78 is 5.74. The van der Waals surface area contributed by atoms with Crippen LogP contribution in [-0.4, -0.2) is 22.8 Å². The number of aryl methyl sites for hydroxylation is 1. The molecular weight excluding hydrogens is 280 g/mol. The highest BCUT2D eigenvalue weighted by atomic mass is 16.5. The van der Waals surface area contributed by atoms with Crippen LogP contribution in [0.25, 0.3) is 0 Å². The zero-order valence-electron chi connectivity index (χ0n) is 13.7. The second-order valence-electron chi connectivity index (χ2n) is 6.95. The Kier molecular flexibility index (Phi) is 4.50. The zero-order valence-corrected chi connectivity index (χ0v) is 13.7. The third-order valence-electron chi connectivity index (χ3n) is 4.35. The van der Waals surface area contributed by atoms with Gasteiger partial charge in [0.05, 0.1) is 0 Å². The Hall–Kier alpha value is -1.97. The maximum atomic E-state index is 11.4. The monoisotopic (exact) mass is 304 g/mol. The van der Waals surface area contributed by atoms with Gasteiger partial charge in [0.1, 0.15) is 23.7 Å². The first kappa shape index (κ1) is 16.4. The summed E-state index contributed by atoms with van der Waals surface area (Å²) in [5, 5.41) is 19.0. The van der Waals surface area contributed by atoms with Gasteiger partial charge < -0.3 is 14.9 Å². The topological polar surface area (TPSA) is 66.8 Å². The van der Waals surface area contributed by atoms with E-state index in [-0.39, 0.29) is 17.1 Å². The predicted molar refractivity (Wildman–Crippen MR) is 85.6 cm³/mol. The summed E-state index contributed by atoms with van der Waals surface area (Å²) >= 11 is 0. The lowest BCUT2D eigenvalue weighted by molar-refractivity contribution is 0.0691. The zero-order chi connectivity index (χ0) is 16.5. The van der Waals surface area contributed by atoms with E-state index < -0.39 is 5.97 Å². The van der Waals surface area contributed by atoms with E-state index in [2.05, 4.69) is 20.8 Å². The molecule has 0 aromatic heterocycles. The lowest BCUT2D eigenvalue weighted by Gasteiger charge is -2.32. The summed E-state index contributed by atoms with van der Waals surface area (Å²) in [5.41, 5.74) is 3.49. The first-order valence-corrected chi connectivity index (χ1v) is 7.57. The number of phenolic OH excluding ortho intramolecular Hbond substituents is 1. The Balaban J connectivity index is 2.21. The highest BCUT2D eigenvalue weighted by Crippen LogP contribution is 2.38. The molecule has 0 radical (unpaired) electrons. The molecule has 0 amide bonds. The third kappa shape index (κ3) is 3.62. The lowest BCUT2D eigenvalue weighted by Crippen LogP contribution is -2.20. The fraction of sp³-hybridized carbons (Fsp3) is 0.500. The smallest absolute Gasteiger partial charge is 0.339 e. The van der Waals surface area contributed by atoms with E-state index in [9.17, 15) is 15.0 Å². The van der Waals surface area contributed by atoms with E-state index in [0.29, 0.717) is 17.6 Å². The van der Waals surface area contributed by atoms with Gasteiger partial charge in [-0.1, -0.05) is 19.4 Å². The van der Waals surface area contributed by atoms with Gasteiger partial charge in [-0.25, -0.2) is 4.79 Å². The van der Waals surface area contributed by atoms with Crippen LogP contribution in [0.4, 0.5) is 0 Å². The second-order valence-corrected chi connectivity index (χ2v) is 6.95. The fourth-order valence-corrected chi connectivity index (χ4v) is 3.12. The maximum absolute atomic E-state index is 11.4. The molecule has 0 heterocycles. The van der Waals surface area contributed by atoms with E-state index in [1.807, 2.05) is 0 Å². The number of aromatic carboxylic acids is 1. The largest absolute Gasteiger partial charge is 0.508 e. The van der Waals surface area contributed by atoms with Gasteiger partial charge in [0.2, 0.25) is 0 Å². The van der Waals surface area contributed by atoms with Gasteiger partial charge in [0.25, 0.3) is 0 Å². The third-order valence-corrected chi connectivity index (χ3v) is 4.35. The number of rotatable bonds is 4. The van der Waals surface area contributed by atoms with Crippen molar-refractivity contribution in [3.05, 3.63) is 34.4 Å². The second kappa shape index (κ2) is 6.03. The Morgan fingerprint density at radius 1 is 1.32 bits per heavy atom. The number of carboxylic acids is 1. The van der Waals surface area contributed by atoms with Crippen molar-refractivity contribution in [3.63, 3.8) is 0 Å². The number of benzene rings is 1. The molecule has 1 aliphatic carbocycles. The number of carbonyl (C=O) groups is 1. The van der Waals surface area contributed by atoms with Gasteiger partial charge in [0, 0.05) is 6.07 Å². The average molecular weight is 304 g/mol. The molecule has 1 aliphatic rings. The molecule has 2 rings (SSSR count). The number of phenols is 1. The molecule has 0 fully saturated rings. The van der Waals surface area contributed by atoms with Crippen LogP contribution >= 0.6 is 0 Å². The SMILES string of the molecule is CC1=C(COc2cc(O)cc(C)c2C(=O)O)CCC(C)(C)C1. The molecule has 4 heteroatoms. The molecule has 0 saturated carbocycles. The number of ether oxygens (including phenoxy) is 1. The van der Waals surface area contributed by atoms with Crippen molar-refractivity contribution in [1.82, 2.24) is 0 Å². The molecule has 0 spiro atoms. The van der Waals surface area contributed by atoms with E-state index in [4.69, 9.17) is 4.74 Å². The fourth-order valence-electron chi connectivity index (χ4n) is 3.12. The average Bonchev–Trinajstić information content (AvgIpc) is 2.35. The van der Waals surface area contributed by atoms with Crippen molar-refractivity contribution in [2.75, 3.05) is 6.61 Å². The van der Waals surface area contributed by atoms with Gasteiger partial charge in [-0.15, -0.1) is 0 Å². The Bertz CT molecular complexity index is 626. The van der Waals surface area contributed by atoms with E-state index in [0.717, 1.165) is 19.3 Å². The Morgan fingerprint density at radius 3 is 2.59 bits per heavy atom. The van der Waals surface area contributed by atoms with Crippen molar-refractivity contribution < 1.29 is 19.7 Å². The molecule has 4 nitrogen and oxygen atoms in total. The van der Waals surface area contributed by atoms with E-state index >= 15 is 0 Å². The van der Waals surface area contributed by atoms with Crippen molar-refractivity contribution in [2.45, 2.75) is 47.0 Å². The van der Waals surface area contributed by atoms with E-state index in [1.54, 1.807) is 6.92 Å². The number of carboxylic acid groups (broad SMARTS) is 1. The molecular formula is C18H24O4. The molecule has 0 aliphatic heterocycles.